The Morgan fingerprint density at radius 1 is 1.23 bits per heavy atom. The number of fused-ring (bicyclic) bond motifs is 1. The van der Waals surface area contributed by atoms with Gasteiger partial charge in [-0.25, -0.2) is 4.39 Å². The zero-order valence-electron chi connectivity index (χ0n) is 19.5. The van der Waals surface area contributed by atoms with Gasteiger partial charge in [-0.3, -0.25) is 4.79 Å². The Balaban J connectivity index is 1.44. The number of aliphatic hydroxyl groups excluding tert-OH is 3. The topological polar surface area (TPSA) is 120 Å². The van der Waals surface area contributed by atoms with Crippen molar-refractivity contribution >= 4 is 34.8 Å². The van der Waals surface area contributed by atoms with Crippen LogP contribution in [0.5, 0.6) is 0 Å². The smallest absolute Gasteiger partial charge is 0.240 e. The van der Waals surface area contributed by atoms with Gasteiger partial charge < -0.3 is 35.4 Å². The van der Waals surface area contributed by atoms with E-state index in [1.165, 1.54) is 23.9 Å². The van der Waals surface area contributed by atoms with Crippen molar-refractivity contribution in [3.63, 3.8) is 0 Å². The molecule has 4 rings (SSSR count). The van der Waals surface area contributed by atoms with E-state index in [0.29, 0.717) is 19.6 Å². The van der Waals surface area contributed by atoms with Crippen molar-refractivity contribution in [3.05, 3.63) is 41.7 Å². The van der Waals surface area contributed by atoms with Crippen LogP contribution in [0.15, 0.2) is 30.3 Å². The van der Waals surface area contributed by atoms with Crippen LogP contribution in [0.1, 0.15) is 18.9 Å². The number of nitrogens with one attached hydrogen (secondary N) is 2. The highest BCUT2D eigenvalue weighted by molar-refractivity contribution is 7.99. The van der Waals surface area contributed by atoms with Gasteiger partial charge in [0.15, 0.2) is 0 Å². The molecule has 3 aliphatic rings. The summed E-state index contributed by atoms with van der Waals surface area (Å²) in [6.45, 7) is 2.54. The summed E-state index contributed by atoms with van der Waals surface area (Å²) in [4.78, 5) is 13.3. The van der Waals surface area contributed by atoms with E-state index in [1.807, 2.05) is 6.08 Å². The minimum absolute atomic E-state index is 0.0331. The van der Waals surface area contributed by atoms with Crippen LogP contribution in [0.4, 0.5) is 4.39 Å². The summed E-state index contributed by atoms with van der Waals surface area (Å²) in [5.41, 5.74) is 1.19. The lowest BCUT2D eigenvalue weighted by molar-refractivity contribution is -0.205. The number of allylic oxidation sites excluding steroid dienone is 1. The number of rotatable bonds is 6. The van der Waals surface area contributed by atoms with Crippen LogP contribution < -0.4 is 10.6 Å². The molecule has 3 aliphatic heterocycles. The highest BCUT2D eigenvalue weighted by atomic mass is 35.5. The van der Waals surface area contributed by atoms with E-state index in [2.05, 4.69) is 10.6 Å². The molecule has 35 heavy (non-hydrogen) atoms. The molecular weight excluding hydrogens is 499 g/mol. The first-order valence-electron chi connectivity index (χ1n) is 11.7. The van der Waals surface area contributed by atoms with Gasteiger partial charge in [-0.15, -0.1) is 23.4 Å². The quantitative estimate of drug-likeness (QED) is 0.344. The van der Waals surface area contributed by atoms with Crippen LogP contribution in [0.3, 0.4) is 0 Å². The van der Waals surface area contributed by atoms with E-state index < -0.39 is 47.3 Å². The molecule has 0 saturated carbocycles. The molecule has 0 aliphatic carbocycles. The molecular formula is C24H32ClFN2O6S. The van der Waals surface area contributed by atoms with Crippen LogP contribution in [-0.4, -0.2) is 94.1 Å². The lowest BCUT2D eigenvalue weighted by atomic mass is 9.90. The zero-order chi connectivity index (χ0) is 25.3. The van der Waals surface area contributed by atoms with Crippen molar-refractivity contribution < 1.29 is 34.0 Å². The van der Waals surface area contributed by atoms with Crippen molar-refractivity contribution in [2.45, 2.75) is 66.8 Å². The van der Waals surface area contributed by atoms with Gasteiger partial charge in [0, 0.05) is 12.5 Å². The summed E-state index contributed by atoms with van der Waals surface area (Å²) < 4.78 is 25.2. The average Bonchev–Trinajstić information content (AvgIpc) is 3.12. The molecule has 0 radical (unpaired) electrons. The third-order valence-corrected chi connectivity index (χ3v) is 8.11. The monoisotopic (exact) mass is 530 g/mol. The normalized spacial score (nSPS) is 37.1. The first-order valence-corrected chi connectivity index (χ1v) is 13.4. The lowest BCUT2D eigenvalue weighted by Gasteiger charge is -2.44. The third kappa shape index (κ3) is 5.70. The summed E-state index contributed by atoms with van der Waals surface area (Å²) in [7, 11) is 0. The molecule has 0 aromatic heterocycles. The molecule has 0 bridgehead atoms. The summed E-state index contributed by atoms with van der Waals surface area (Å²) >= 11 is 7.58. The molecule has 1 amide bonds. The number of ether oxygens (including phenoxy) is 2. The molecule has 2 saturated heterocycles. The summed E-state index contributed by atoms with van der Waals surface area (Å²) in [5, 5.41) is 36.5. The molecule has 11 heteroatoms. The number of aliphatic hydroxyl groups is 3. The molecule has 10 atom stereocenters. The number of thioether (sulfide) groups is 1. The second-order valence-electron chi connectivity index (χ2n) is 9.27. The van der Waals surface area contributed by atoms with Crippen molar-refractivity contribution in [2.75, 3.05) is 19.4 Å². The number of alkyl halides is 1. The van der Waals surface area contributed by atoms with Crippen LogP contribution in [0.2, 0.25) is 0 Å². The molecule has 1 aromatic rings. The maximum atomic E-state index is 13.3. The molecule has 1 aromatic carbocycles. The Labute approximate surface area is 213 Å². The van der Waals surface area contributed by atoms with E-state index in [1.54, 1.807) is 25.3 Å². The minimum Gasteiger partial charge on any atom is -0.388 e. The predicted octanol–water partition coefficient (Wildman–Crippen LogP) is 0.869. The highest BCUT2D eigenvalue weighted by Crippen LogP contribution is 2.34. The molecule has 10 unspecified atom stereocenters. The van der Waals surface area contributed by atoms with Gasteiger partial charge in [0.2, 0.25) is 5.91 Å². The van der Waals surface area contributed by atoms with Crippen molar-refractivity contribution in [3.8, 4) is 0 Å². The van der Waals surface area contributed by atoms with Gasteiger partial charge in [-0.2, -0.15) is 0 Å². The number of carbonyl (C=O) groups excluding carboxylic acids is 1. The van der Waals surface area contributed by atoms with Gasteiger partial charge in [0.25, 0.3) is 0 Å². The summed E-state index contributed by atoms with van der Waals surface area (Å²) in [5.74, 6) is -0.611. The second-order valence-corrected chi connectivity index (χ2v) is 10.9. The van der Waals surface area contributed by atoms with E-state index >= 15 is 0 Å². The van der Waals surface area contributed by atoms with Gasteiger partial charge in [0.1, 0.15) is 41.7 Å². The summed E-state index contributed by atoms with van der Waals surface area (Å²) in [6, 6.07) is 4.86. The van der Waals surface area contributed by atoms with E-state index in [-0.39, 0.29) is 23.7 Å². The van der Waals surface area contributed by atoms with Crippen LogP contribution in [0.25, 0.3) is 5.57 Å². The minimum atomic E-state index is -1.43. The average molecular weight is 531 g/mol. The fourth-order valence-electron chi connectivity index (χ4n) is 5.05. The number of carbonyl (C=O) groups is 1. The maximum Gasteiger partial charge on any atom is 0.240 e. The Morgan fingerprint density at radius 3 is 2.60 bits per heavy atom. The predicted molar refractivity (Wildman–Crippen MR) is 131 cm³/mol. The fraction of sp³-hybridized carbons (Fsp3) is 0.625. The number of hydrogen-bond acceptors (Lipinski definition) is 8. The third-order valence-electron chi connectivity index (χ3n) is 6.99. The van der Waals surface area contributed by atoms with Crippen LogP contribution >= 0.6 is 23.4 Å². The Kier molecular flexibility index (Phi) is 8.76. The van der Waals surface area contributed by atoms with Crippen molar-refractivity contribution in [1.29, 1.82) is 0 Å². The number of halogens is 2. The first-order chi connectivity index (χ1) is 16.7. The van der Waals surface area contributed by atoms with Gasteiger partial charge in [-0.1, -0.05) is 18.2 Å². The van der Waals surface area contributed by atoms with Gasteiger partial charge >= 0.3 is 0 Å². The maximum absolute atomic E-state index is 13.3. The van der Waals surface area contributed by atoms with E-state index in [4.69, 9.17) is 21.1 Å². The number of hydrogen-bond donors (Lipinski definition) is 5. The van der Waals surface area contributed by atoms with Crippen molar-refractivity contribution in [2.24, 2.45) is 5.92 Å². The van der Waals surface area contributed by atoms with E-state index in [0.717, 1.165) is 11.1 Å². The molecule has 3 heterocycles. The zero-order valence-corrected chi connectivity index (χ0v) is 21.1. The number of benzene rings is 1. The Morgan fingerprint density at radius 2 is 1.94 bits per heavy atom. The van der Waals surface area contributed by atoms with Crippen molar-refractivity contribution in [1.82, 2.24) is 10.6 Å². The molecule has 5 N–H and O–H groups in total. The highest BCUT2D eigenvalue weighted by Gasteiger charge is 2.49. The fourth-order valence-corrected chi connectivity index (χ4v) is 5.93. The molecule has 8 nitrogen and oxygen atoms in total. The standard InChI is InChI=1S/C24H32ClFN2O6S/c1-11(25)16(22-19(30)18(29)20(31)24(34-22)35-2)28-23(32)17-21-14(10-27-17)9-13(7-8-33-21)12-3-5-15(26)6-4-12/h3-7,11,14,16-22,24,27,29-31H,8-10H2,1-2H3,(H,28,32). The Hall–Kier alpha value is -1.24. The molecule has 194 valence electrons. The first kappa shape index (κ1) is 26.8. The van der Waals surface area contributed by atoms with Crippen LogP contribution in [-0.2, 0) is 14.3 Å². The second kappa shape index (κ2) is 11.4. The largest absolute Gasteiger partial charge is 0.388 e. The van der Waals surface area contributed by atoms with E-state index in [9.17, 15) is 24.5 Å². The lowest BCUT2D eigenvalue weighted by Crippen LogP contribution is -2.65. The molecule has 2 fully saturated rings. The molecule has 0 spiro atoms. The SMILES string of the molecule is CSC1OC(C(NC(=O)C2NCC3CC(c4ccc(F)cc4)=CCOC32)C(C)Cl)C(O)C(O)C1O. The Bertz CT molecular complexity index is 920. The van der Waals surface area contributed by atoms with Gasteiger partial charge in [-0.05, 0) is 42.9 Å². The van der Waals surface area contributed by atoms with Gasteiger partial charge in [0.05, 0.1) is 24.1 Å². The number of amides is 1. The van der Waals surface area contributed by atoms with Crippen LogP contribution in [0, 0.1) is 11.7 Å². The summed E-state index contributed by atoms with van der Waals surface area (Å²) in [6.07, 6.45) is -1.18.